The molecule has 3 aromatic carbocycles. The zero-order valence-corrected chi connectivity index (χ0v) is 24.0. The minimum atomic E-state index is -0.411. The molecule has 5 aromatic rings. The van der Waals surface area contributed by atoms with E-state index in [4.69, 9.17) is 0 Å². The number of rotatable bonds is 9. The highest BCUT2D eigenvalue weighted by Crippen LogP contribution is 2.34. The summed E-state index contributed by atoms with van der Waals surface area (Å²) in [6.07, 6.45) is 6.55. The van der Waals surface area contributed by atoms with Crippen molar-refractivity contribution < 1.29 is 0 Å². The summed E-state index contributed by atoms with van der Waals surface area (Å²) in [5.41, 5.74) is 6.24. The number of H-pyrrole nitrogens is 1. The Morgan fingerprint density at radius 2 is 1.59 bits per heavy atom. The molecule has 6 rings (SSSR count). The molecule has 0 radical (unpaired) electrons. The van der Waals surface area contributed by atoms with E-state index in [-0.39, 0.29) is 11.6 Å². The van der Waals surface area contributed by atoms with Crippen LogP contribution in [0.1, 0.15) is 77.8 Å². The molecule has 0 bridgehead atoms. The van der Waals surface area contributed by atoms with Crippen molar-refractivity contribution in [1.29, 1.82) is 0 Å². The van der Waals surface area contributed by atoms with Gasteiger partial charge in [0.25, 0.3) is 5.56 Å². The second kappa shape index (κ2) is 12.2. The molecule has 0 spiro atoms. The Morgan fingerprint density at radius 3 is 2.32 bits per heavy atom. The van der Waals surface area contributed by atoms with Gasteiger partial charge in [-0.05, 0) is 89.4 Å². The molecule has 0 saturated heterocycles. The average molecular weight is 547 g/mol. The quantitative estimate of drug-likeness (QED) is 0.229. The molecule has 1 atom stereocenters. The number of aromatic nitrogens is 5. The summed E-state index contributed by atoms with van der Waals surface area (Å²) in [5.74, 6) is 0.745. The maximum Gasteiger partial charge on any atom is 0.253 e. The first-order chi connectivity index (χ1) is 20.1. The summed E-state index contributed by atoms with van der Waals surface area (Å²) in [7, 11) is 0. The van der Waals surface area contributed by atoms with Gasteiger partial charge in [-0.2, -0.15) is 0 Å². The molecule has 0 aliphatic heterocycles. The standard InChI is InChI=1S/C34H38N6O/c1-24-20-28-22-30(34(41)35-31(28)21-25(24)2)32(33-36-37-38-40(33)29-16-10-5-11-17-29)39(23-27-14-8-4-9-15-27)19-18-26-12-6-3-7-13-26/h3-4,6-9,12-15,20-22,29,32H,5,10-11,16-19,23H2,1-2H3,(H,35,41)/t32-/m0/s1. The molecule has 1 fully saturated rings. The van der Waals surface area contributed by atoms with Gasteiger partial charge >= 0.3 is 0 Å². The lowest BCUT2D eigenvalue weighted by atomic mass is 9.94. The van der Waals surface area contributed by atoms with Crippen molar-refractivity contribution in [2.45, 2.75) is 71.0 Å². The summed E-state index contributed by atoms with van der Waals surface area (Å²) >= 11 is 0. The Balaban J connectivity index is 1.50. The van der Waals surface area contributed by atoms with Crippen LogP contribution in [0.4, 0.5) is 0 Å². The fraction of sp³-hybridized carbons (Fsp3) is 0.353. The summed E-state index contributed by atoms with van der Waals surface area (Å²) in [6.45, 7) is 5.60. The number of tetrazole rings is 1. The van der Waals surface area contributed by atoms with E-state index in [1.54, 1.807) is 0 Å². The molecule has 2 heterocycles. The van der Waals surface area contributed by atoms with Gasteiger partial charge in [-0.3, -0.25) is 9.69 Å². The normalized spacial score (nSPS) is 15.0. The second-order valence-corrected chi connectivity index (χ2v) is 11.4. The van der Waals surface area contributed by atoms with Crippen molar-refractivity contribution >= 4 is 10.9 Å². The Bertz CT molecular complexity index is 1650. The monoisotopic (exact) mass is 546 g/mol. The number of fused-ring (bicyclic) bond motifs is 1. The molecule has 7 nitrogen and oxygen atoms in total. The molecule has 0 amide bonds. The second-order valence-electron chi connectivity index (χ2n) is 11.4. The Morgan fingerprint density at radius 1 is 0.902 bits per heavy atom. The van der Waals surface area contributed by atoms with Crippen LogP contribution >= 0.6 is 0 Å². The highest BCUT2D eigenvalue weighted by atomic mass is 16.1. The van der Waals surface area contributed by atoms with Crippen molar-refractivity contribution in [3.8, 4) is 0 Å². The topological polar surface area (TPSA) is 79.7 Å². The molecule has 1 N–H and O–H groups in total. The Labute approximate surface area is 241 Å². The van der Waals surface area contributed by atoms with Crippen LogP contribution in [0.25, 0.3) is 10.9 Å². The summed E-state index contributed by atoms with van der Waals surface area (Å²) in [6, 6.07) is 27.1. The third kappa shape index (κ3) is 6.00. The van der Waals surface area contributed by atoms with E-state index >= 15 is 0 Å². The molecular weight excluding hydrogens is 508 g/mol. The van der Waals surface area contributed by atoms with Crippen molar-refractivity contribution in [3.05, 3.63) is 123 Å². The van der Waals surface area contributed by atoms with Crippen LogP contribution in [0, 0.1) is 13.8 Å². The van der Waals surface area contributed by atoms with E-state index in [9.17, 15) is 4.79 Å². The molecule has 0 unspecified atom stereocenters. The van der Waals surface area contributed by atoms with Crippen molar-refractivity contribution in [2.75, 3.05) is 6.54 Å². The van der Waals surface area contributed by atoms with Gasteiger partial charge in [0, 0.05) is 24.2 Å². The van der Waals surface area contributed by atoms with Crippen LogP contribution in [0.5, 0.6) is 0 Å². The van der Waals surface area contributed by atoms with E-state index in [1.807, 2.05) is 16.8 Å². The fourth-order valence-electron chi connectivity index (χ4n) is 6.20. The van der Waals surface area contributed by atoms with Gasteiger partial charge in [-0.25, -0.2) is 4.68 Å². The molecule has 7 heteroatoms. The number of nitrogens with zero attached hydrogens (tertiary/aromatic N) is 5. The number of aromatic amines is 1. The zero-order chi connectivity index (χ0) is 28.2. The van der Waals surface area contributed by atoms with Crippen molar-refractivity contribution in [2.24, 2.45) is 0 Å². The predicted molar refractivity (Wildman–Crippen MR) is 163 cm³/mol. The van der Waals surface area contributed by atoms with E-state index in [1.165, 1.54) is 36.0 Å². The largest absolute Gasteiger partial charge is 0.322 e. The highest BCUT2D eigenvalue weighted by molar-refractivity contribution is 5.81. The van der Waals surface area contributed by atoms with Crippen molar-refractivity contribution in [3.63, 3.8) is 0 Å². The molecule has 1 aliphatic carbocycles. The number of pyridine rings is 1. The van der Waals surface area contributed by atoms with Crippen LogP contribution in [0.2, 0.25) is 0 Å². The average Bonchev–Trinajstić information content (AvgIpc) is 3.48. The first-order valence-electron chi connectivity index (χ1n) is 14.8. The number of nitrogens with one attached hydrogen (secondary N) is 1. The number of benzene rings is 3. The fourth-order valence-corrected chi connectivity index (χ4v) is 6.20. The smallest absolute Gasteiger partial charge is 0.253 e. The van der Waals surface area contributed by atoms with Crippen molar-refractivity contribution in [1.82, 2.24) is 30.1 Å². The van der Waals surface area contributed by atoms with Crippen LogP contribution in [-0.4, -0.2) is 36.6 Å². The molecule has 1 saturated carbocycles. The van der Waals surface area contributed by atoms with Crippen LogP contribution in [-0.2, 0) is 13.0 Å². The van der Waals surface area contributed by atoms with Crippen LogP contribution < -0.4 is 5.56 Å². The molecule has 1 aliphatic rings. The third-order valence-electron chi connectivity index (χ3n) is 8.59. The minimum absolute atomic E-state index is 0.0956. The maximum absolute atomic E-state index is 13.9. The zero-order valence-electron chi connectivity index (χ0n) is 24.0. The molecular formula is C34H38N6O. The third-order valence-corrected chi connectivity index (χ3v) is 8.59. The van der Waals surface area contributed by atoms with Gasteiger partial charge in [0.1, 0.15) is 6.04 Å². The van der Waals surface area contributed by atoms with Gasteiger partial charge < -0.3 is 4.98 Å². The maximum atomic E-state index is 13.9. The molecule has 210 valence electrons. The van der Waals surface area contributed by atoms with Gasteiger partial charge in [0.05, 0.1) is 6.04 Å². The van der Waals surface area contributed by atoms with Gasteiger partial charge in [0.15, 0.2) is 5.82 Å². The lowest BCUT2D eigenvalue weighted by Crippen LogP contribution is -2.37. The molecule has 41 heavy (non-hydrogen) atoms. The van der Waals surface area contributed by atoms with E-state index < -0.39 is 6.04 Å². The first-order valence-corrected chi connectivity index (χ1v) is 14.8. The SMILES string of the molecule is Cc1cc2cc([C@@H](c3nnnn3C3CCCCC3)N(CCc3ccccc3)Cc3ccccc3)c(=O)[nH]c2cc1C. The molecule has 2 aromatic heterocycles. The Hall–Kier alpha value is -4.10. The van der Waals surface area contributed by atoms with E-state index in [0.29, 0.717) is 12.1 Å². The van der Waals surface area contributed by atoms with Crippen LogP contribution in [0.3, 0.4) is 0 Å². The minimum Gasteiger partial charge on any atom is -0.322 e. The lowest BCUT2D eigenvalue weighted by Gasteiger charge is -2.33. The Kier molecular flexibility index (Phi) is 8.05. The summed E-state index contributed by atoms with van der Waals surface area (Å²) < 4.78 is 2.02. The van der Waals surface area contributed by atoms with E-state index in [0.717, 1.165) is 48.1 Å². The van der Waals surface area contributed by atoms with Gasteiger partial charge in [0.2, 0.25) is 0 Å². The van der Waals surface area contributed by atoms with Gasteiger partial charge in [-0.15, -0.1) is 5.10 Å². The predicted octanol–water partition coefficient (Wildman–Crippen LogP) is 6.47. The van der Waals surface area contributed by atoms with Gasteiger partial charge in [-0.1, -0.05) is 79.9 Å². The number of aryl methyl sites for hydroxylation is 2. The van der Waals surface area contributed by atoms with Crippen LogP contribution in [0.15, 0.2) is 83.7 Å². The first kappa shape index (κ1) is 27.1. The highest BCUT2D eigenvalue weighted by Gasteiger charge is 2.33. The van der Waals surface area contributed by atoms with E-state index in [2.05, 4.69) is 106 Å². The number of hydrogen-bond donors (Lipinski definition) is 1. The number of hydrogen-bond acceptors (Lipinski definition) is 5. The summed E-state index contributed by atoms with van der Waals surface area (Å²) in [4.78, 5) is 19.5. The summed E-state index contributed by atoms with van der Waals surface area (Å²) in [5, 5.41) is 14.4. The lowest BCUT2D eigenvalue weighted by molar-refractivity contribution is 0.197.